The second-order valence-electron chi connectivity index (χ2n) is 10.7. The number of imidazole rings is 1. The van der Waals surface area contributed by atoms with Crippen molar-refractivity contribution in [2.75, 3.05) is 37.8 Å². The highest BCUT2D eigenvalue weighted by atomic mass is 31.2. The number of fused-ring (bicyclic) bond motifs is 1. The van der Waals surface area contributed by atoms with Crippen LogP contribution in [0.25, 0.3) is 11.2 Å². The predicted octanol–water partition coefficient (Wildman–Crippen LogP) is 0.101. The number of aliphatic hydroxyl groups excluding tert-OH is 2. The highest BCUT2D eigenvalue weighted by Crippen LogP contribution is 2.56. The maximum atomic E-state index is 14.5. The van der Waals surface area contributed by atoms with Gasteiger partial charge in [-0.3, -0.25) is 28.0 Å². The van der Waals surface area contributed by atoms with Crippen molar-refractivity contribution in [2.24, 2.45) is 0 Å². The molecule has 0 aromatic carbocycles. The second kappa shape index (κ2) is 13.4. The summed E-state index contributed by atoms with van der Waals surface area (Å²) in [6, 6.07) is 1.44. The van der Waals surface area contributed by atoms with Crippen LogP contribution in [0.5, 0.6) is 0 Å². The number of rotatable bonds is 13. The molecule has 3 unspecified atom stereocenters. The van der Waals surface area contributed by atoms with Gasteiger partial charge in [-0.05, 0) is 18.9 Å². The van der Waals surface area contributed by atoms with Crippen LogP contribution < -0.4 is 22.7 Å². The third kappa shape index (κ3) is 6.57. The normalized spacial score (nSPS) is 26.9. The minimum Gasteiger partial charge on any atom is -0.394 e. The molecule has 2 fully saturated rings. The number of aliphatic hydroxyl groups is 2. The lowest BCUT2D eigenvalue weighted by Gasteiger charge is -2.33. The molecule has 0 aliphatic carbocycles. The van der Waals surface area contributed by atoms with Gasteiger partial charge in [0.1, 0.15) is 36.6 Å². The summed E-state index contributed by atoms with van der Waals surface area (Å²) in [5.41, 5.74) is 10.4. The number of nitrogens with one attached hydrogen (secondary N) is 1. The van der Waals surface area contributed by atoms with Crippen LogP contribution in [-0.2, 0) is 23.1 Å². The molecule has 7 N–H and O–H groups in total. The predicted molar refractivity (Wildman–Crippen MR) is 156 cm³/mol. The maximum absolute atomic E-state index is 14.5. The van der Waals surface area contributed by atoms with Crippen molar-refractivity contribution >= 4 is 30.7 Å². The van der Waals surface area contributed by atoms with E-state index in [0.717, 1.165) is 0 Å². The first-order chi connectivity index (χ1) is 21.1. The van der Waals surface area contributed by atoms with Gasteiger partial charge in [0.15, 0.2) is 11.2 Å². The Kier molecular flexibility index (Phi) is 9.81. The highest BCUT2D eigenvalue weighted by molar-refractivity contribution is 7.51. The van der Waals surface area contributed by atoms with E-state index in [4.69, 9.17) is 30.0 Å². The van der Waals surface area contributed by atoms with Crippen LogP contribution in [-0.4, -0.2) is 94.7 Å². The van der Waals surface area contributed by atoms with Gasteiger partial charge in [-0.2, -0.15) is 9.97 Å². The summed E-state index contributed by atoms with van der Waals surface area (Å²) in [6.07, 6.45) is -1.09. The van der Waals surface area contributed by atoms with Crippen molar-refractivity contribution in [3.63, 3.8) is 0 Å². The van der Waals surface area contributed by atoms with Gasteiger partial charge in [0, 0.05) is 32.1 Å². The Morgan fingerprint density at radius 1 is 1.11 bits per heavy atom. The smallest absolute Gasteiger partial charge is 0.394 e. The molecule has 2 aliphatic rings. The maximum Gasteiger partial charge on any atom is 0.408 e. The number of nitrogen functional groups attached to an aromatic ring is 2. The first-order valence-corrected chi connectivity index (χ1v) is 15.9. The first-order valence-electron chi connectivity index (χ1n) is 14.4. The quantitative estimate of drug-likeness (QED) is 0.156. The van der Waals surface area contributed by atoms with Crippen LogP contribution in [0.15, 0.2) is 28.2 Å². The lowest BCUT2D eigenvalue weighted by atomic mass is 10.2. The summed E-state index contributed by atoms with van der Waals surface area (Å²) in [5.74, 6) is -0.0400. The minimum atomic E-state index is -4.08. The number of H-pyrrole nitrogens is 1. The van der Waals surface area contributed by atoms with Gasteiger partial charge in [0.2, 0.25) is 5.95 Å². The van der Waals surface area contributed by atoms with Crippen molar-refractivity contribution in [3.05, 3.63) is 39.4 Å². The molecule has 0 radical (unpaired) electrons. The number of ether oxygens (including phenoxy) is 2. The summed E-state index contributed by atoms with van der Waals surface area (Å²) < 4.78 is 43.0. The monoisotopic (exact) mass is 639 g/mol. The van der Waals surface area contributed by atoms with Crippen molar-refractivity contribution < 1.29 is 33.3 Å². The van der Waals surface area contributed by atoms with Gasteiger partial charge in [0.25, 0.3) is 5.56 Å². The van der Waals surface area contributed by atoms with Gasteiger partial charge in [-0.1, -0.05) is 13.8 Å². The highest BCUT2D eigenvalue weighted by Gasteiger charge is 2.46. The van der Waals surface area contributed by atoms with E-state index in [2.05, 4.69) is 19.9 Å². The second-order valence-corrected chi connectivity index (χ2v) is 12.6. The van der Waals surface area contributed by atoms with Crippen LogP contribution >= 0.6 is 7.75 Å². The Morgan fingerprint density at radius 3 is 2.50 bits per heavy atom. The number of hydrogen-bond donors (Lipinski definition) is 5. The van der Waals surface area contributed by atoms with Crippen LogP contribution in [0, 0.1) is 0 Å². The van der Waals surface area contributed by atoms with E-state index < -0.39 is 62.5 Å². The molecule has 242 valence electrons. The van der Waals surface area contributed by atoms with Crippen LogP contribution in [0.4, 0.5) is 11.8 Å². The summed E-state index contributed by atoms with van der Waals surface area (Å²) in [4.78, 5) is 38.9. The van der Waals surface area contributed by atoms with Gasteiger partial charge >= 0.3 is 13.4 Å². The van der Waals surface area contributed by atoms with Gasteiger partial charge in [-0.15, -0.1) is 0 Å². The molecule has 0 amide bonds. The lowest BCUT2D eigenvalue weighted by molar-refractivity contribution is -0.0551. The molecule has 18 nitrogen and oxygen atoms in total. The molecule has 44 heavy (non-hydrogen) atoms. The van der Waals surface area contributed by atoms with Crippen LogP contribution in [0.2, 0.25) is 0 Å². The zero-order valence-corrected chi connectivity index (χ0v) is 25.3. The largest absolute Gasteiger partial charge is 0.408 e. The third-order valence-corrected chi connectivity index (χ3v) is 9.57. The molecule has 0 bridgehead atoms. The Morgan fingerprint density at radius 2 is 1.82 bits per heavy atom. The third-order valence-electron chi connectivity index (χ3n) is 7.47. The molecule has 5 heterocycles. The lowest BCUT2D eigenvalue weighted by Crippen LogP contribution is -2.34. The van der Waals surface area contributed by atoms with E-state index in [1.807, 2.05) is 13.8 Å². The Labute approximate surface area is 251 Å². The number of aromatic amines is 1. The molecule has 0 spiro atoms. The molecule has 3 aromatic rings. The Hall–Kier alpha value is -3.22. The summed E-state index contributed by atoms with van der Waals surface area (Å²) in [6.45, 7) is 3.85. The molecule has 2 aliphatic heterocycles. The van der Waals surface area contributed by atoms with Gasteiger partial charge < -0.3 is 31.2 Å². The summed E-state index contributed by atoms with van der Waals surface area (Å²) >= 11 is 0. The molecule has 5 rings (SSSR count). The molecule has 3 aromatic heterocycles. The first kappa shape index (κ1) is 32.2. The number of anilines is 2. The van der Waals surface area contributed by atoms with Crippen LogP contribution in [0.1, 0.15) is 52.0 Å². The molecular weight excluding hydrogens is 601 g/mol. The zero-order valence-electron chi connectivity index (χ0n) is 24.4. The van der Waals surface area contributed by atoms with Gasteiger partial charge in [0.05, 0.1) is 25.6 Å². The van der Waals surface area contributed by atoms with Crippen molar-refractivity contribution in [1.82, 2.24) is 33.7 Å². The zero-order chi connectivity index (χ0) is 31.6. The number of hydrogen-bond acceptors (Lipinski definition) is 14. The SMILES string of the molecule is CCCN(CCC)P(=O)(OC[C@H]1O[C@@H](n2ccc(N)nc2=O)CC1O)OC1C[C@H](n2cnc3c(=O)[nH]c(N)nc32)O[C@@H]1CO. The van der Waals surface area contributed by atoms with Crippen LogP contribution in [0.3, 0.4) is 0 Å². The topological polar surface area (TPSA) is 248 Å². The number of nitrogens with zero attached hydrogens (tertiary/aromatic N) is 6. The molecular formula is C25H38N9O9P. The van der Waals surface area contributed by atoms with Crippen molar-refractivity contribution in [3.8, 4) is 0 Å². The Balaban J connectivity index is 1.35. The minimum absolute atomic E-state index is 0.0595. The van der Waals surface area contributed by atoms with E-state index in [-0.39, 0.29) is 42.4 Å². The standard InChI is InChI=1S/C25H38N9O9P/c1-3-6-32(7-4-2)44(39,40-12-17-14(36)9-19(42-17)33-8-5-18(26)29-25(33)38)43-15-10-20(41-16(15)11-35)34-13-28-21-22(34)30-24(27)31-23(21)37/h5,8,13-17,19-20,35-36H,3-4,6-7,9-12H2,1-2H3,(H2,26,29,38)(H3,27,30,31,37)/t14?,15?,16-,17-,19-,20-,44?/m1/s1. The fourth-order valence-electron chi connectivity index (χ4n) is 5.37. The van der Waals surface area contributed by atoms with E-state index in [1.54, 1.807) is 4.67 Å². The molecule has 7 atom stereocenters. The van der Waals surface area contributed by atoms with E-state index in [1.165, 1.54) is 27.7 Å². The van der Waals surface area contributed by atoms with Crippen molar-refractivity contribution in [2.45, 2.75) is 76.4 Å². The van der Waals surface area contributed by atoms with E-state index in [9.17, 15) is 24.4 Å². The number of nitrogens with two attached hydrogens (primary N) is 2. The Bertz CT molecular complexity index is 1610. The average molecular weight is 640 g/mol. The summed E-state index contributed by atoms with van der Waals surface area (Å²) in [7, 11) is -4.08. The van der Waals surface area contributed by atoms with Gasteiger partial charge in [-0.25, -0.2) is 19.0 Å². The van der Waals surface area contributed by atoms with E-state index in [0.29, 0.717) is 25.9 Å². The summed E-state index contributed by atoms with van der Waals surface area (Å²) in [5, 5.41) is 20.9. The fraction of sp³-hybridized carbons (Fsp3) is 0.640. The molecule has 19 heteroatoms. The fourth-order valence-corrected chi connectivity index (χ4v) is 7.52. The molecule has 2 saturated heterocycles. The van der Waals surface area contributed by atoms with Crippen molar-refractivity contribution in [1.29, 1.82) is 0 Å². The average Bonchev–Trinajstić information content (AvgIpc) is 3.68. The van der Waals surface area contributed by atoms with E-state index >= 15 is 0 Å². The molecule has 0 saturated carbocycles. The number of aromatic nitrogens is 6.